The number of nitrogens with one attached hydrogen (secondary N) is 1. The van der Waals surface area contributed by atoms with Crippen molar-refractivity contribution >= 4 is 17.9 Å². The third-order valence-electron chi connectivity index (χ3n) is 7.42. The molecule has 2 unspecified atom stereocenters. The summed E-state index contributed by atoms with van der Waals surface area (Å²) in [5.41, 5.74) is 4.89. The Morgan fingerprint density at radius 3 is 2.62 bits per heavy atom. The SMILES string of the molecule is O=C(c1cccc(C(F)(F)F)c1)C1C=c2c(ccc3c2=CCc2ccccc2-3)C(C2=CC=CC=CN2)C1. The molecule has 2 nitrogen and oxygen atoms in total. The number of hydrogen-bond acceptors (Lipinski definition) is 2. The number of alkyl halides is 3. The van der Waals surface area contributed by atoms with E-state index in [0.29, 0.717) is 6.42 Å². The summed E-state index contributed by atoms with van der Waals surface area (Å²) in [5.74, 6) is -0.962. The van der Waals surface area contributed by atoms with E-state index >= 15 is 0 Å². The van der Waals surface area contributed by atoms with Gasteiger partial charge in [-0.1, -0.05) is 72.8 Å². The maximum atomic E-state index is 13.7. The average Bonchev–Trinajstić information content (AvgIpc) is 3.21. The number of ketones is 1. The fraction of sp³-hybridized carbons (Fsp3) is 0.156. The first-order chi connectivity index (χ1) is 17.9. The first-order valence-electron chi connectivity index (χ1n) is 12.3. The molecule has 0 radical (unpaired) electrons. The van der Waals surface area contributed by atoms with Crippen LogP contribution in [0.2, 0.25) is 0 Å². The minimum atomic E-state index is -4.50. The average molecular weight is 496 g/mol. The van der Waals surface area contributed by atoms with Crippen molar-refractivity contribution in [2.24, 2.45) is 5.92 Å². The third kappa shape index (κ3) is 4.25. The minimum Gasteiger partial charge on any atom is -0.364 e. The van der Waals surface area contributed by atoms with Crippen molar-refractivity contribution in [1.82, 2.24) is 5.32 Å². The largest absolute Gasteiger partial charge is 0.416 e. The summed E-state index contributed by atoms with van der Waals surface area (Å²) in [7, 11) is 0. The molecule has 3 aromatic carbocycles. The lowest BCUT2D eigenvalue weighted by molar-refractivity contribution is -0.137. The van der Waals surface area contributed by atoms with Crippen molar-refractivity contribution in [2.45, 2.75) is 24.9 Å². The molecule has 3 aliphatic rings. The van der Waals surface area contributed by atoms with Gasteiger partial charge in [-0.05, 0) is 69.8 Å². The summed E-state index contributed by atoms with van der Waals surface area (Å²) in [5, 5.41) is 5.43. The summed E-state index contributed by atoms with van der Waals surface area (Å²) in [6.45, 7) is 0. The highest BCUT2D eigenvalue weighted by Crippen LogP contribution is 2.36. The van der Waals surface area contributed by atoms with Gasteiger partial charge in [-0.3, -0.25) is 4.79 Å². The van der Waals surface area contributed by atoms with Crippen LogP contribution in [0.25, 0.3) is 23.3 Å². The number of benzene rings is 3. The molecular formula is C32H24F3NO. The lowest BCUT2D eigenvalue weighted by Gasteiger charge is -2.30. The highest BCUT2D eigenvalue weighted by Gasteiger charge is 2.34. The van der Waals surface area contributed by atoms with E-state index in [-0.39, 0.29) is 17.3 Å². The lowest BCUT2D eigenvalue weighted by Crippen LogP contribution is -2.40. The fourth-order valence-corrected chi connectivity index (χ4v) is 5.65. The normalized spacial score (nSPS) is 19.7. The Morgan fingerprint density at radius 1 is 0.892 bits per heavy atom. The molecule has 2 aliphatic carbocycles. The predicted molar refractivity (Wildman–Crippen MR) is 140 cm³/mol. The van der Waals surface area contributed by atoms with E-state index in [9.17, 15) is 18.0 Å². The fourth-order valence-electron chi connectivity index (χ4n) is 5.65. The van der Waals surface area contributed by atoms with Gasteiger partial charge in [-0.15, -0.1) is 0 Å². The third-order valence-corrected chi connectivity index (χ3v) is 7.42. The smallest absolute Gasteiger partial charge is 0.364 e. The Kier molecular flexibility index (Phi) is 5.71. The maximum absolute atomic E-state index is 13.7. The zero-order chi connectivity index (χ0) is 25.6. The molecule has 0 amide bonds. The van der Waals surface area contributed by atoms with E-state index in [4.69, 9.17) is 0 Å². The van der Waals surface area contributed by atoms with Crippen LogP contribution in [0, 0.1) is 5.92 Å². The van der Waals surface area contributed by atoms with Crippen LogP contribution >= 0.6 is 0 Å². The van der Waals surface area contributed by atoms with Gasteiger partial charge in [0, 0.05) is 29.3 Å². The second kappa shape index (κ2) is 9.07. The highest BCUT2D eigenvalue weighted by atomic mass is 19.4. The van der Waals surface area contributed by atoms with E-state index in [2.05, 4.69) is 35.7 Å². The standard InChI is InChI=1S/C32H24F3NO/c33-32(34,35)23-9-6-8-21(17-23)31(37)22-18-28-26-13-12-20-7-3-4-10-24(20)25(26)14-15-27(28)29(19-22)30-11-2-1-5-16-36-30/h1-11,13-18,22,29,36H,12,19H2. The topological polar surface area (TPSA) is 29.1 Å². The van der Waals surface area contributed by atoms with Gasteiger partial charge in [-0.2, -0.15) is 13.2 Å². The van der Waals surface area contributed by atoms with Crippen LogP contribution in [0.1, 0.15) is 39.4 Å². The van der Waals surface area contributed by atoms with Gasteiger partial charge in [0.2, 0.25) is 0 Å². The van der Waals surface area contributed by atoms with E-state index in [1.54, 1.807) is 0 Å². The van der Waals surface area contributed by atoms with Crippen LogP contribution in [-0.4, -0.2) is 5.78 Å². The van der Waals surface area contributed by atoms with Crippen LogP contribution in [0.3, 0.4) is 0 Å². The van der Waals surface area contributed by atoms with Crippen molar-refractivity contribution < 1.29 is 18.0 Å². The summed E-state index contributed by atoms with van der Waals surface area (Å²) >= 11 is 0. The van der Waals surface area contributed by atoms with Crippen molar-refractivity contribution in [3.63, 3.8) is 0 Å². The van der Waals surface area contributed by atoms with Crippen LogP contribution in [0.4, 0.5) is 13.2 Å². The molecule has 37 heavy (non-hydrogen) atoms. The number of hydrogen-bond donors (Lipinski definition) is 1. The van der Waals surface area contributed by atoms with Crippen LogP contribution in [-0.2, 0) is 12.6 Å². The number of carbonyl (C=O) groups excluding carboxylic acids is 1. The molecule has 1 aliphatic heterocycles. The molecule has 0 saturated carbocycles. The Bertz CT molecular complexity index is 1620. The van der Waals surface area contributed by atoms with Gasteiger partial charge in [0.1, 0.15) is 0 Å². The van der Waals surface area contributed by atoms with Gasteiger partial charge in [0.25, 0.3) is 0 Å². The number of allylic oxidation sites excluding steroid dienone is 5. The van der Waals surface area contributed by atoms with Gasteiger partial charge in [0.15, 0.2) is 5.78 Å². The van der Waals surface area contributed by atoms with Crippen LogP contribution in [0.15, 0.2) is 96.9 Å². The number of carbonyl (C=O) groups is 1. The molecule has 1 N–H and O–H groups in total. The number of fused-ring (bicyclic) bond motifs is 5. The quantitative estimate of drug-likeness (QED) is 0.450. The first-order valence-corrected chi connectivity index (χ1v) is 12.3. The molecule has 0 aromatic heterocycles. The Morgan fingerprint density at radius 2 is 1.76 bits per heavy atom. The molecular weight excluding hydrogens is 471 g/mol. The summed E-state index contributed by atoms with van der Waals surface area (Å²) < 4.78 is 40.1. The summed E-state index contributed by atoms with van der Waals surface area (Å²) in [4.78, 5) is 13.7. The monoisotopic (exact) mass is 495 g/mol. The number of halogens is 3. The zero-order valence-electron chi connectivity index (χ0n) is 19.9. The summed E-state index contributed by atoms with van der Waals surface area (Å²) in [6.07, 6.45) is 10.6. The zero-order valence-corrected chi connectivity index (χ0v) is 19.9. The Labute approximate surface area is 212 Å². The van der Waals surface area contributed by atoms with Gasteiger partial charge >= 0.3 is 6.18 Å². The Balaban J connectivity index is 1.52. The minimum absolute atomic E-state index is 0.0833. The van der Waals surface area contributed by atoms with Crippen molar-refractivity contribution in [3.8, 4) is 11.1 Å². The first kappa shape index (κ1) is 23.3. The predicted octanol–water partition coefficient (Wildman–Crippen LogP) is 6.03. The van der Waals surface area contributed by atoms with Gasteiger partial charge in [0.05, 0.1) is 5.56 Å². The van der Waals surface area contributed by atoms with E-state index < -0.39 is 17.7 Å². The molecule has 1 heterocycles. The van der Waals surface area contributed by atoms with Crippen molar-refractivity contribution in [3.05, 3.63) is 130 Å². The van der Waals surface area contributed by atoms with Gasteiger partial charge in [-0.25, -0.2) is 0 Å². The molecule has 0 saturated heterocycles. The molecule has 5 heteroatoms. The van der Waals surface area contributed by atoms with Gasteiger partial charge < -0.3 is 5.32 Å². The van der Waals surface area contributed by atoms with E-state index in [1.807, 2.05) is 48.7 Å². The van der Waals surface area contributed by atoms with E-state index in [1.165, 1.54) is 23.3 Å². The second-order valence-corrected chi connectivity index (χ2v) is 9.61. The lowest BCUT2D eigenvalue weighted by atomic mass is 9.75. The molecule has 2 atom stereocenters. The molecule has 3 aromatic rings. The van der Waals surface area contributed by atoms with Crippen molar-refractivity contribution in [1.29, 1.82) is 0 Å². The summed E-state index contributed by atoms with van der Waals surface area (Å²) in [6, 6.07) is 17.4. The molecule has 6 rings (SSSR count). The second-order valence-electron chi connectivity index (χ2n) is 9.61. The van der Waals surface area contributed by atoms with Crippen LogP contribution in [0.5, 0.6) is 0 Å². The van der Waals surface area contributed by atoms with Crippen molar-refractivity contribution in [2.75, 3.05) is 0 Å². The van der Waals surface area contributed by atoms with Crippen LogP contribution < -0.4 is 15.8 Å². The Hall–Kier alpha value is -4.12. The molecule has 0 spiro atoms. The molecule has 0 fully saturated rings. The molecule has 184 valence electrons. The highest BCUT2D eigenvalue weighted by molar-refractivity contribution is 6.01. The number of Topliss-reactive ketones (excluding diaryl/α,β-unsaturated/α-hetero) is 1. The molecule has 0 bridgehead atoms. The maximum Gasteiger partial charge on any atom is 0.416 e. The van der Waals surface area contributed by atoms with E-state index in [0.717, 1.165) is 45.8 Å². The number of rotatable bonds is 3.